The average molecular weight is 295 g/mol. The molecule has 1 aromatic carbocycles. The molecule has 2 fully saturated rings. The van der Waals surface area contributed by atoms with Gasteiger partial charge in [0.1, 0.15) is 11.7 Å². The zero-order valence-electron chi connectivity index (χ0n) is 11.4. The predicted molar refractivity (Wildman–Crippen MR) is 72.2 cm³/mol. The van der Waals surface area contributed by atoms with Gasteiger partial charge in [-0.05, 0) is 12.1 Å². The molecule has 0 N–H and O–H groups in total. The van der Waals surface area contributed by atoms with Crippen LogP contribution in [0.25, 0.3) is 0 Å². The van der Waals surface area contributed by atoms with E-state index in [9.17, 15) is 20.0 Å². The number of ether oxygens (including phenoxy) is 1. The maximum Gasteiger partial charge on any atom is 0.234 e. The molecule has 3 aliphatic heterocycles. The van der Waals surface area contributed by atoms with Gasteiger partial charge in [-0.2, -0.15) is 5.26 Å². The standard InChI is InChI=1S/C16H12N2O4/c17-7-9-3-1-2-4-10(9)18-8-16-6-5-11(22-16)12(15(20)21)13(16)14(18)19/h1-6,11-13H,8H2,(H,20,21)/p-1/t11-,12+,13+,16-/m1/s1. The fourth-order valence-electron chi connectivity index (χ4n) is 3.77. The molecule has 3 aliphatic rings. The third-order valence-corrected chi connectivity index (χ3v) is 4.69. The molecule has 2 bridgehead atoms. The molecule has 0 radical (unpaired) electrons. The first-order valence-corrected chi connectivity index (χ1v) is 6.96. The number of rotatable bonds is 2. The minimum absolute atomic E-state index is 0.214. The van der Waals surface area contributed by atoms with Crippen LogP contribution in [0, 0.1) is 23.2 Å². The van der Waals surface area contributed by atoms with Gasteiger partial charge in [-0.3, -0.25) is 4.79 Å². The van der Waals surface area contributed by atoms with Gasteiger partial charge in [0.25, 0.3) is 0 Å². The number of amides is 1. The minimum Gasteiger partial charge on any atom is -0.550 e. The van der Waals surface area contributed by atoms with Crippen LogP contribution in [-0.2, 0) is 14.3 Å². The van der Waals surface area contributed by atoms with Crippen LogP contribution in [0.15, 0.2) is 36.4 Å². The van der Waals surface area contributed by atoms with Gasteiger partial charge in [0.05, 0.1) is 29.8 Å². The smallest absolute Gasteiger partial charge is 0.234 e. The van der Waals surface area contributed by atoms with E-state index in [-0.39, 0.29) is 12.5 Å². The second-order valence-electron chi connectivity index (χ2n) is 5.77. The summed E-state index contributed by atoms with van der Waals surface area (Å²) >= 11 is 0. The van der Waals surface area contributed by atoms with Crippen molar-refractivity contribution >= 4 is 17.6 Å². The summed E-state index contributed by atoms with van der Waals surface area (Å²) in [6, 6.07) is 8.81. The summed E-state index contributed by atoms with van der Waals surface area (Å²) in [7, 11) is 0. The molecule has 22 heavy (non-hydrogen) atoms. The molecule has 1 amide bonds. The quantitative estimate of drug-likeness (QED) is 0.692. The summed E-state index contributed by atoms with van der Waals surface area (Å²) in [5, 5.41) is 20.6. The summed E-state index contributed by atoms with van der Waals surface area (Å²) < 4.78 is 5.78. The Morgan fingerprint density at radius 3 is 2.95 bits per heavy atom. The fourth-order valence-corrected chi connectivity index (χ4v) is 3.77. The lowest BCUT2D eigenvalue weighted by molar-refractivity contribution is -0.313. The number of anilines is 1. The third kappa shape index (κ3) is 1.46. The Morgan fingerprint density at radius 1 is 1.45 bits per heavy atom. The number of hydrogen-bond acceptors (Lipinski definition) is 5. The normalized spacial score (nSPS) is 34.8. The van der Waals surface area contributed by atoms with Crippen molar-refractivity contribution in [2.45, 2.75) is 11.7 Å². The zero-order chi connectivity index (χ0) is 15.5. The van der Waals surface area contributed by atoms with E-state index in [1.165, 1.54) is 4.90 Å². The summed E-state index contributed by atoms with van der Waals surface area (Å²) in [6.45, 7) is 0.214. The highest BCUT2D eigenvalue weighted by Crippen LogP contribution is 2.52. The van der Waals surface area contributed by atoms with Crippen molar-refractivity contribution in [3.8, 4) is 6.07 Å². The van der Waals surface area contributed by atoms with Crippen molar-refractivity contribution in [1.29, 1.82) is 5.26 Å². The van der Waals surface area contributed by atoms with Crippen molar-refractivity contribution in [1.82, 2.24) is 0 Å². The molecule has 0 aromatic heterocycles. The van der Waals surface area contributed by atoms with Gasteiger partial charge >= 0.3 is 0 Å². The maximum absolute atomic E-state index is 12.8. The van der Waals surface area contributed by atoms with Gasteiger partial charge in [-0.15, -0.1) is 0 Å². The number of carbonyl (C=O) groups is 2. The van der Waals surface area contributed by atoms with Crippen molar-refractivity contribution in [2.24, 2.45) is 11.8 Å². The number of carbonyl (C=O) groups excluding carboxylic acids is 2. The van der Waals surface area contributed by atoms with Crippen molar-refractivity contribution in [3.05, 3.63) is 42.0 Å². The number of benzene rings is 1. The molecule has 4 atom stereocenters. The van der Waals surface area contributed by atoms with Crippen LogP contribution in [0.1, 0.15) is 5.56 Å². The number of carboxylic acids is 1. The maximum atomic E-state index is 12.8. The molecule has 6 heteroatoms. The van der Waals surface area contributed by atoms with E-state index in [2.05, 4.69) is 6.07 Å². The zero-order valence-corrected chi connectivity index (χ0v) is 11.4. The van der Waals surface area contributed by atoms with E-state index < -0.39 is 29.5 Å². The summed E-state index contributed by atoms with van der Waals surface area (Å²) in [6.07, 6.45) is 2.85. The lowest BCUT2D eigenvalue weighted by Gasteiger charge is -2.24. The Labute approximate surface area is 126 Å². The van der Waals surface area contributed by atoms with Crippen LogP contribution >= 0.6 is 0 Å². The van der Waals surface area contributed by atoms with Gasteiger partial charge in [-0.25, -0.2) is 0 Å². The highest BCUT2D eigenvalue weighted by molar-refractivity contribution is 6.03. The second kappa shape index (κ2) is 4.18. The number of nitriles is 1. The largest absolute Gasteiger partial charge is 0.550 e. The van der Waals surface area contributed by atoms with Crippen molar-refractivity contribution in [3.63, 3.8) is 0 Å². The molecule has 0 unspecified atom stereocenters. The fraction of sp³-hybridized carbons (Fsp3) is 0.312. The topological polar surface area (TPSA) is 93.5 Å². The van der Waals surface area contributed by atoms with E-state index in [1.54, 1.807) is 36.4 Å². The monoisotopic (exact) mass is 295 g/mol. The molecule has 0 saturated carbocycles. The van der Waals surface area contributed by atoms with Crippen LogP contribution in [-0.4, -0.2) is 30.1 Å². The Morgan fingerprint density at radius 2 is 2.23 bits per heavy atom. The predicted octanol–water partition coefficient (Wildman–Crippen LogP) is -0.405. The van der Waals surface area contributed by atoms with Gasteiger partial charge in [-0.1, -0.05) is 24.3 Å². The second-order valence-corrected chi connectivity index (χ2v) is 5.77. The highest BCUT2D eigenvalue weighted by atomic mass is 16.5. The molecule has 3 heterocycles. The Kier molecular flexibility index (Phi) is 2.48. The molecule has 1 aromatic rings. The third-order valence-electron chi connectivity index (χ3n) is 4.69. The minimum atomic E-state index is -1.27. The van der Waals surface area contributed by atoms with Crippen LogP contribution in [0.4, 0.5) is 5.69 Å². The SMILES string of the molecule is N#Cc1ccccc1N1C[C@@]23C=C[C@@H](O2)[C@H](C(=O)[O-])[C@H]3C1=O. The van der Waals surface area contributed by atoms with Crippen molar-refractivity contribution < 1.29 is 19.4 Å². The summed E-state index contributed by atoms with van der Waals surface area (Å²) in [5.41, 5.74) is -0.0678. The van der Waals surface area contributed by atoms with E-state index in [4.69, 9.17) is 4.74 Å². The van der Waals surface area contributed by atoms with E-state index in [0.29, 0.717) is 11.3 Å². The van der Waals surface area contributed by atoms with Crippen molar-refractivity contribution in [2.75, 3.05) is 11.4 Å². The van der Waals surface area contributed by atoms with Crippen LogP contribution < -0.4 is 10.0 Å². The number of carboxylic acid groups (broad SMARTS) is 1. The highest BCUT2D eigenvalue weighted by Gasteiger charge is 2.65. The van der Waals surface area contributed by atoms with E-state index in [0.717, 1.165) is 0 Å². The first-order valence-electron chi connectivity index (χ1n) is 6.96. The van der Waals surface area contributed by atoms with Gasteiger partial charge in [0, 0.05) is 11.9 Å². The Hall–Kier alpha value is -2.65. The number of hydrogen-bond donors (Lipinski definition) is 0. The van der Waals surface area contributed by atoms with Crippen LogP contribution in [0.3, 0.4) is 0 Å². The van der Waals surface area contributed by atoms with Crippen LogP contribution in [0.5, 0.6) is 0 Å². The first kappa shape index (κ1) is 13.0. The number of fused-ring (bicyclic) bond motifs is 1. The van der Waals surface area contributed by atoms with Gasteiger partial charge in [0.2, 0.25) is 5.91 Å². The van der Waals surface area contributed by atoms with Gasteiger partial charge in [0.15, 0.2) is 0 Å². The Bertz CT molecular complexity index is 766. The molecule has 0 aliphatic carbocycles. The molecular weight excluding hydrogens is 284 g/mol. The molecule has 2 saturated heterocycles. The average Bonchev–Trinajstić information content (AvgIpc) is 3.15. The lowest BCUT2D eigenvalue weighted by atomic mass is 9.77. The van der Waals surface area contributed by atoms with Gasteiger partial charge < -0.3 is 19.5 Å². The lowest BCUT2D eigenvalue weighted by Crippen LogP contribution is -2.45. The first-order chi connectivity index (χ1) is 10.6. The van der Waals surface area contributed by atoms with E-state index in [1.807, 2.05) is 0 Å². The molecule has 4 rings (SSSR count). The van der Waals surface area contributed by atoms with E-state index >= 15 is 0 Å². The Balaban J connectivity index is 1.79. The number of nitrogens with zero attached hydrogens (tertiary/aromatic N) is 2. The number of aliphatic carboxylic acids is 1. The van der Waals surface area contributed by atoms with Crippen LogP contribution in [0.2, 0.25) is 0 Å². The molecule has 6 nitrogen and oxygen atoms in total. The summed E-state index contributed by atoms with van der Waals surface area (Å²) in [5.74, 6) is -3.37. The number of para-hydroxylation sites is 1. The summed E-state index contributed by atoms with van der Waals surface area (Å²) in [4.78, 5) is 25.6. The molecule has 110 valence electrons. The molecular formula is C16H11N2O4-. The molecule has 1 spiro atoms.